The molecular weight excluding hydrogens is 364 g/mol. The number of azo groups is 1. The van der Waals surface area contributed by atoms with Gasteiger partial charge < -0.3 is 0 Å². The lowest BCUT2D eigenvalue weighted by Gasteiger charge is -2.05. The quantitative estimate of drug-likeness (QED) is 0.184. The van der Waals surface area contributed by atoms with E-state index >= 15 is 0 Å². The Labute approximate surface area is 185 Å². The number of hydrogen-bond donors (Lipinski definition) is 0. The van der Waals surface area contributed by atoms with E-state index in [1.807, 2.05) is 36.4 Å². The van der Waals surface area contributed by atoms with Gasteiger partial charge in [-0.1, -0.05) is 127 Å². The summed E-state index contributed by atoms with van der Waals surface area (Å²) in [7, 11) is 0. The van der Waals surface area contributed by atoms with Crippen molar-refractivity contribution in [2.45, 2.75) is 103 Å². The van der Waals surface area contributed by atoms with Crippen LogP contribution >= 0.6 is 0 Å². The maximum Gasteiger partial charge on any atom is 0.0889 e. The van der Waals surface area contributed by atoms with E-state index in [-0.39, 0.29) is 0 Å². The predicted octanol–water partition coefficient (Wildman–Crippen LogP) is 10.1. The highest BCUT2D eigenvalue weighted by molar-refractivity contribution is 5.46. The van der Waals surface area contributed by atoms with E-state index in [0.29, 0.717) is 0 Å². The standard InChI is InChI=1S/C28H42N2/c1-2-3-4-5-6-7-8-9-10-11-12-13-14-16-21-26-22-19-20-25-28(26)30-29-27-23-17-15-18-24-27/h15,17-20,22-25H,2-14,16,21H2,1H3. The van der Waals surface area contributed by atoms with Gasteiger partial charge >= 0.3 is 0 Å². The van der Waals surface area contributed by atoms with E-state index in [4.69, 9.17) is 0 Å². The lowest BCUT2D eigenvalue weighted by Crippen LogP contribution is -1.87. The number of unbranched alkanes of at least 4 members (excludes halogenated alkanes) is 13. The summed E-state index contributed by atoms with van der Waals surface area (Å²) in [5, 5.41) is 8.87. The summed E-state index contributed by atoms with van der Waals surface area (Å²) in [4.78, 5) is 0. The minimum Gasteiger partial charge on any atom is -0.151 e. The monoisotopic (exact) mass is 406 g/mol. The second-order valence-corrected chi connectivity index (χ2v) is 8.51. The van der Waals surface area contributed by atoms with Crippen molar-refractivity contribution in [2.75, 3.05) is 0 Å². The lowest BCUT2D eigenvalue weighted by molar-refractivity contribution is 0.535. The van der Waals surface area contributed by atoms with E-state index in [0.717, 1.165) is 17.8 Å². The van der Waals surface area contributed by atoms with Crippen LogP contribution in [0.3, 0.4) is 0 Å². The zero-order valence-electron chi connectivity index (χ0n) is 19.2. The van der Waals surface area contributed by atoms with E-state index < -0.39 is 0 Å². The molecule has 0 aromatic heterocycles. The Bertz CT molecular complexity index is 678. The van der Waals surface area contributed by atoms with Crippen molar-refractivity contribution in [2.24, 2.45) is 10.2 Å². The van der Waals surface area contributed by atoms with Crippen LogP contribution in [0.25, 0.3) is 0 Å². The second kappa shape index (κ2) is 16.8. The van der Waals surface area contributed by atoms with Crippen LogP contribution in [-0.2, 0) is 6.42 Å². The van der Waals surface area contributed by atoms with Crippen LogP contribution in [-0.4, -0.2) is 0 Å². The molecule has 0 atom stereocenters. The molecule has 0 spiro atoms. The molecule has 0 fully saturated rings. The van der Waals surface area contributed by atoms with E-state index in [1.54, 1.807) is 0 Å². The summed E-state index contributed by atoms with van der Waals surface area (Å²) in [5.41, 5.74) is 3.23. The summed E-state index contributed by atoms with van der Waals surface area (Å²) < 4.78 is 0. The number of rotatable bonds is 17. The van der Waals surface area contributed by atoms with Crippen molar-refractivity contribution in [3.63, 3.8) is 0 Å². The number of nitrogens with zero attached hydrogens (tertiary/aromatic N) is 2. The molecule has 0 N–H and O–H groups in total. The largest absolute Gasteiger partial charge is 0.151 e. The van der Waals surface area contributed by atoms with Gasteiger partial charge in [0.15, 0.2) is 0 Å². The molecule has 0 aliphatic carbocycles. The second-order valence-electron chi connectivity index (χ2n) is 8.51. The number of aryl methyl sites for hydroxylation is 1. The molecule has 0 saturated carbocycles. The molecule has 2 rings (SSSR count). The van der Waals surface area contributed by atoms with Crippen LogP contribution < -0.4 is 0 Å². The summed E-state index contributed by atoms with van der Waals surface area (Å²) in [6.45, 7) is 2.29. The molecule has 2 aromatic rings. The number of hydrogen-bond acceptors (Lipinski definition) is 2. The third-order valence-electron chi connectivity index (χ3n) is 5.82. The van der Waals surface area contributed by atoms with Crippen molar-refractivity contribution < 1.29 is 0 Å². The van der Waals surface area contributed by atoms with Gasteiger partial charge in [0.25, 0.3) is 0 Å². The topological polar surface area (TPSA) is 24.7 Å². The van der Waals surface area contributed by atoms with Crippen molar-refractivity contribution in [3.05, 3.63) is 60.2 Å². The average molecular weight is 407 g/mol. The van der Waals surface area contributed by atoms with Crippen LogP contribution in [0, 0.1) is 0 Å². The molecule has 0 bridgehead atoms. The van der Waals surface area contributed by atoms with Crippen LogP contribution in [0.1, 0.15) is 102 Å². The first kappa shape index (κ1) is 24.3. The predicted molar refractivity (Wildman–Crippen MR) is 131 cm³/mol. The fourth-order valence-corrected chi connectivity index (χ4v) is 3.94. The Morgan fingerprint density at radius 2 is 1.00 bits per heavy atom. The highest BCUT2D eigenvalue weighted by Gasteiger charge is 2.01. The third kappa shape index (κ3) is 11.3. The van der Waals surface area contributed by atoms with Gasteiger partial charge in [-0.3, -0.25) is 0 Å². The van der Waals surface area contributed by atoms with Gasteiger partial charge in [-0.05, 0) is 36.6 Å². The average Bonchev–Trinajstić information content (AvgIpc) is 2.79. The molecule has 2 aromatic carbocycles. The van der Waals surface area contributed by atoms with Gasteiger partial charge in [-0.2, -0.15) is 10.2 Å². The molecule has 2 heteroatoms. The first-order valence-corrected chi connectivity index (χ1v) is 12.4. The van der Waals surface area contributed by atoms with Gasteiger partial charge in [0, 0.05) is 0 Å². The zero-order valence-corrected chi connectivity index (χ0v) is 19.2. The van der Waals surface area contributed by atoms with Crippen molar-refractivity contribution in [1.82, 2.24) is 0 Å². The highest BCUT2D eigenvalue weighted by atomic mass is 15.1. The van der Waals surface area contributed by atoms with Crippen LogP contribution in [0.4, 0.5) is 11.4 Å². The Morgan fingerprint density at radius 1 is 0.500 bits per heavy atom. The van der Waals surface area contributed by atoms with Gasteiger partial charge in [-0.15, -0.1) is 0 Å². The Hall–Kier alpha value is -1.96. The molecule has 0 aliphatic rings. The van der Waals surface area contributed by atoms with Gasteiger partial charge in [0.1, 0.15) is 0 Å². The summed E-state index contributed by atoms with van der Waals surface area (Å²) in [5.74, 6) is 0. The molecule has 0 aliphatic heterocycles. The zero-order chi connectivity index (χ0) is 21.1. The SMILES string of the molecule is CCCCCCCCCCCCCCCCc1ccccc1N=Nc1ccccc1. The summed E-state index contributed by atoms with van der Waals surface area (Å²) >= 11 is 0. The molecule has 30 heavy (non-hydrogen) atoms. The minimum atomic E-state index is 0.906. The van der Waals surface area contributed by atoms with Crippen molar-refractivity contribution in [1.29, 1.82) is 0 Å². The normalized spacial score (nSPS) is 11.4. The van der Waals surface area contributed by atoms with Crippen molar-refractivity contribution >= 4 is 11.4 Å². The molecule has 0 amide bonds. The van der Waals surface area contributed by atoms with E-state index in [9.17, 15) is 0 Å². The smallest absolute Gasteiger partial charge is 0.0889 e. The molecule has 0 saturated heterocycles. The van der Waals surface area contributed by atoms with Gasteiger partial charge in [-0.25, -0.2) is 0 Å². The van der Waals surface area contributed by atoms with E-state index in [1.165, 1.54) is 95.5 Å². The van der Waals surface area contributed by atoms with Crippen LogP contribution in [0.5, 0.6) is 0 Å². The summed E-state index contributed by atoms with van der Waals surface area (Å²) in [6, 6.07) is 18.4. The summed E-state index contributed by atoms with van der Waals surface area (Å²) in [6.07, 6.45) is 20.7. The van der Waals surface area contributed by atoms with Gasteiger partial charge in [0.05, 0.1) is 11.4 Å². The molecule has 164 valence electrons. The maximum absolute atomic E-state index is 4.49. The molecular formula is C28H42N2. The van der Waals surface area contributed by atoms with Crippen molar-refractivity contribution in [3.8, 4) is 0 Å². The van der Waals surface area contributed by atoms with Gasteiger partial charge in [0.2, 0.25) is 0 Å². The molecule has 2 nitrogen and oxygen atoms in total. The Balaban J connectivity index is 1.51. The maximum atomic E-state index is 4.49. The molecule has 0 radical (unpaired) electrons. The Morgan fingerprint density at radius 3 is 1.60 bits per heavy atom. The lowest BCUT2D eigenvalue weighted by atomic mass is 10.0. The minimum absolute atomic E-state index is 0.906. The number of benzene rings is 2. The molecule has 0 unspecified atom stereocenters. The first-order chi connectivity index (χ1) is 14.9. The van der Waals surface area contributed by atoms with E-state index in [2.05, 4.69) is 35.4 Å². The fraction of sp³-hybridized carbons (Fsp3) is 0.571. The first-order valence-electron chi connectivity index (χ1n) is 12.4. The van der Waals surface area contributed by atoms with Crippen LogP contribution in [0.2, 0.25) is 0 Å². The van der Waals surface area contributed by atoms with Crippen LogP contribution in [0.15, 0.2) is 64.8 Å². The fourth-order valence-electron chi connectivity index (χ4n) is 3.94. The third-order valence-corrected chi connectivity index (χ3v) is 5.82. The highest BCUT2D eigenvalue weighted by Crippen LogP contribution is 2.24. The molecule has 0 heterocycles. The Kier molecular flexibility index (Phi) is 13.6.